The fourth-order valence-corrected chi connectivity index (χ4v) is 3.06. The predicted molar refractivity (Wildman–Crippen MR) is 82.1 cm³/mol. The molecular weight excluding hydrogens is 250 g/mol. The van der Waals surface area contributed by atoms with Gasteiger partial charge >= 0.3 is 0 Å². The van der Waals surface area contributed by atoms with Crippen LogP contribution in [0.5, 0.6) is 5.75 Å². The molecule has 1 unspecified atom stereocenters. The number of nitrogens with zero attached hydrogens (tertiary/aromatic N) is 1. The molecule has 3 nitrogen and oxygen atoms in total. The first-order chi connectivity index (χ1) is 9.57. The Balaban J connectivity index is 2.22. The van der Waals surface area contributed by atoms with Gasteiger partial charge in [-0.05, 0) is 52.6 Å². The van der Waals surface area contributed by atoms with Crippen LogP contribution in [0.1, 0.15) is 45.6 Å². The number of hydrogen-bond acceptors (Lipinski definition) is 3. The highest BCUT2D eigenvalue weighted by Crippen LogP contribution is 2.38. The van der Waals surface area contributed by atoms with E-state index < -0.39 is 5.60 Å². The van der Waals surface area contributed by atoms with Gasteiger partial charge < -0.3 is 14.7 Å². The number of para-hydroxylation sites is 1. The third-order valence-corrected chi connectivity index (χ3v) is 4.27. The van der Waals surface area contributed by atoms with Crippen molar-refractivity contribution < 1.29 is 9.84 Å². The van der Waals surface area contributed by atoms with E-state index in [2.05, 4.69) is 18.7 Å². The molecule has 0 saturated carbocycles. The summed E-state index contributed by atoms with van der Waals surface area (Å²) in [6.07, 6.45) is 2.60. The number of hydrogen-bond donors (Lipinski definition) is 1. The molecule has 2 rings (SSSR count). The van der Waals surface area contributed by atoms with Gasteiger partial charge in [-0.2, -0.15) is 0 Å². The standard InChI is InChI=1S/C17H27NO2/c1-4-20-16-9-6-5-8-15(16)17(19)10-7-12-18(13-11-17)14(2)3/h5-6,8-9,14,19H,4,7,10-13H2,1-3H3. The van der Waals surface area contributed by atoms with Crippen LogP contribution in [0.2, 0.25) is 0 Å². The number of ether oxygens (including phenoxy) is 1. The van der Waals surface area contributed by atoms with Gasteiger partial charge in [0.05, 0.1) is 12.2 Å². The molecular formula is C17H27NO2. The number of aliphatic hydroxyl groups is 1. The van der Waals surface area contributed by atoms with Gasteiger partial charge in [-0.3, -0.25) is 0 Å². The lowest BCUT2D eigenvalue weighted by atomic mass is 9.86. The summed E-state index contributed by atoms with van der Waals surface area (Å²) in [6.45, 7) is 9.06. The van der Waals surface area contributed by atoms with Crippen LogP contribution < -0.4 is 4.74 Å². The molecule has 1 aliphatic rings. The Morgan fingerprint density at radius 1 is 1.25 bits per heavy atom. The first-order valence-electron chi connectivity index (χ1n) is 7.75. The van der Waals surface area contributed by atoms with Crippen LogP contribution >= 0.6 is 0 Å². The van der Waals surface area contributed by atoms with Gasteiger partial charge in [0.1, 0.15) is 5.75 Å². The Labute approximate surface area is 122 Å². The van der Waals surface area contributed by atoms with E-state index >= 15 is 0 Å². The lowest BCUT2D eigenvalue weighted by Gasteiger charge is -2.30. The van der Waals surface area contributed by atoms with Crippen molar-refractivity contribution in [2.24, 2.45) is 0 Å². The third kappa shape index (κ3) is 3.33. The minimum Gasteiger partial charge on any atom is -0.493 e. The summed E-state index contributed by atoms with van der Waals surface area (Å²) in [5.74, 6) is 0.829. The molecule has 20 heavy (non-hydrogen) atoms. The molecule has 0 bridgehead atoms. The van der Waals surface area contributed by atoms with Crippen molar-refractivity contribution in [2.45, 2.75) is 51.7 Å². The Morgan fingerprint density at radius 3 is 2.70 bits per heavy atom. The molecule has 0 spiro atoms. The fraction of sp³-hybridized carbons (Fsp3) is 0.647. The summed E-state index contributed by atoms with van der Waals surface area (Å²) in [6, 6.07) is 8.47. The summed E-state index contributed by atoms with van der Waals surface area (Å²) in [5.41, 5.74) is 0.197. The van der Waals surface area contributed by atoms with E-state index in [1.165, 1.54) is 0 Å². The van der Waals surface area contributed by atoms with Crippen molar-refractivity contribution in [3.63, 3.8) is 0 Å². The summed E-state index contributed by atoms with van der Waals surface area (Å²) in [7, 11) is 0. The van der Waals surface area contributed by atoms with Crippen LogP contribution in [0, 0.1) is 0 Å². The molecule has 1 heterocycles. The maximum absolute atomic E-state index is 11.1. The second kappa shape index (κ2) is 6.59. The Kier molecular flexibility index (Phi) is 5.06. The van der Waals surface area contributed by atoms with Crippen molar-refractivity contribution >= 4 is 0 Å². The first-order valence-corrected chi connectivity index (χ1v) is 7.75. The highest BCUT2D eigenvalue weighted by atomic mass is 16.5. The van der Waals surface area contributed by atoms with E-state index in [1.54, 1.807) is 0 Å². The summed E-state index contributed by atoms with van der Waals surface area (Å²) in [5, 5.41) is 11.1. The average Bonchev–Trinajstić information content (AvgIpc) is 2.63. The lowest BCUT2D eigenvalue weighted by molar-refractivity contribution is 0.0178. The topological polar surface area (TPSA) is 32.7 Å². The molecule has 1 N–H and O–H groups in total. The molecule has 1 saturated heterocycles. The summed E-state index contributed by atoms with van der Waals surface area (Å²) >= 11 is 0. The zero-order valence-electron chi connectivity index (χ0n) is 12.9. The van der Waals surface area contributed by atoms with Gasteiger partial charge in [-0.25, -0.2) is 0 Å². The molecule has 1 aromatic rings. The van der Waals surface area contributed by atoms with Crippen molar-refractivity contribution in [1.29, 1.82) is 0 Å². The quantitative estimate of drug-likeness (QED) is 0.917. The van der Waals surface area contributed by atoms with Crippen LogP contribution in [-0.2, 0) is 5.60 Å². The third-order valence-electron chi connectivity index (χ3n) is 4.27. The minimum atomic E-state index is -0.755. The van der Waals surface area contributed by atoms with Gasteiger partial charge in [0.2, 0.25) is 0 Å². The predicted octanol–water partition coefficient (Wildman–Crippen LogP) is 3.17. The Morgan fingerprint density at radius 2 is 2.00 bits per heavy atom. The second-order valence-electron chi connectivity index (χ2n) is 5.94. The normalized spacial score (nSPS) is 24.6. The molecule has 3 heteroatoms. The Bertz CT molecular complexity index is 433. The Hall–Kier alpha value is -1.06. The van der Waals surface area contributed by atoms with Gasteiger partial charge in [-0.15, -0.1) is 0 Å². The zero-order valence-corrected chi connectivity index (χ0v) is 12.9. The molecule has 1 aromatic carbocycles. The first kappa shape index (κ1) is 15.3. The van der Waals surface area contributed by atoms with Crippen molar-refractivity contribution in [2.75, 3.05) is 19.7 Å². The SMILES string of the molecule is CCOc1ccccc1C1(O)CCCN(C(C)C)CC1. The second-order valence-corrected chi connectivity index (χ2v) is 5.94. The van der Waals surface area contributed by atoms with E-state index in [0.29, 0.717) is 12.6 Å². The summed E-state index contributed by atoms with van der Waals surface area (Å²) < 4.78 is 5.70. The van der Waals surface area contributed by atoms with Crippen LogP contribution in [-0.4, -0.2) is 35.7 Å². The maximum Gasteiger partial charge on any atom is 0.125 e. The zero-order chi connectivity index (χ0) is 14.6. The molecule has 112 valence electrons. The highest BCUT2D eigenvalue weighted by molar-refractivity contribution is 5.38. The van der Waals surface area contributed by atoms with Crippen LogP contribution in [0.15, 0.2) is 24.3 Å². The van der Waals surface area contributed by atoms with Crippen LogP contribution in [0.4, 0.5) is 0 Å². The molecule has 1 fully saturated rings. The summed E-state index contributed by atoms with van der Waals surface area (Å²) in [4.78, 5) is 2.45. The maximum atomic E-state index is 11.1. The van der Waals surface area contributed by atoms with Crippen LogP contribution in [0.3, 0.4) is 0 Å². The smallest absolute Gasteiger partial charge is 0.125 e. The number of likely N-dealkylation sites (tertiary alicyclic amines) is 1. The van der Waals surface area contributed by atoms with Gasteiger partial charge in [0.25, 0.3) is 0 Å². The van der Waals surface area contributed by atoms with E-state index in [4.69, 9.17) is 4.74 Å². The van der Waals surface area contributed by atoms with E-state index in [1.807, 2.05) is 31.2 Å². The molecule has 0 aliphatic carbocycles. The largest absolute Gasteiger partial charge is 0.493 e. The van der Waals surface area contributed by atoms with E-state index in [-0.39, 0.29) is 0 Å². The van der Waals surface area contributed by atoms with Crippen molar-refractivity contribution in [1.82, 2.24) is 4.90 Å². The molecule has 0 amide bonds. The lowest BCUT2D eigenvalue weighted by Crippen LogP contribution is -2.33. The monoisotopic (exact) mass is 277 g/mol. The van der Waals surface area contributed by atoms with Crippen LogP contribution in [0.25, 0.3) is 0 Å². The minimum absolute atomic E-state index is 0.541. The average molecular weight is 277 g/mol. The van der Waals surface area contributed by atoms with Crippen molar-refractivity contribution in [3.05, 3.63) is 29.8 Å². The molecule has 0 aromatic heterocycles. The number of benzene rings is 1. The molecule has 1 aliphatic heterocycles. The van der Waals surface area contributed by atoms with E-state index in [0.717, 1.165) is 43.7 Å². The van der Waals surface area contributed by atoms with Gasteiger partial charge in [0.15, 0.2) is 0 Å². The fourth-order valence-electron chi connectivity index (χ4n) is 3.06. The highest BCUT2D eigenvalue weighted by Gasteiger charge is 2.34. The van der Waals surface area contributed by atoms with Crippen molar-refractivity contribution in [3.8, 4) is 5.75 Å². The van der Waals surface area contributed by atoms with Gasteiger partial charge in [0, 0.05) is 18.2 Å². The van der Waals surface area contributed by atoms with E-state index in [9.17, 15) is 5.11 Å². The molecule has 1 atom stereocenters. The number of rotatable bonds is 4. The molecule has 0 radical (unpaired) electrons. The van der Waals surface area contributed by atoms with Gasteiger partial charge in [-0.1, -0.05) is 18.2 Å².